The number of hydrogen-bond donors (Lipinski definition) is 1. The van der Waals surface area contributed by atoms with Gasteiger partial charge in [-0.25, -0.2) is 4.39 Å². The summed E-state index contributed by atoms with van der Waals surface area (Å²) in [6.45, 7) is 5.45. The molecule has 1 saturated heterocycles. The van der Waals surface area contributed by atoms with E-state index in [1.165, 1.54) is 24.3 Å². The van der Waals surface area contributed by atoms with Crippen LogP contribution in [0.15, 0.2) is 24.3 Å². The van der Waals surface area contributed by atoms with E-state index in [4.69, 9.17) is 4.74 Å². The predicted octanol–water partition coefficient (Wildman–Crippen LogP) is 0.930. The highest BCUT2D eigenvalue weighted by molar-refractivity contribution is 5.97. The fourth-order valence-corrected chi connectivity index (χ4v) is 2.00. The molecule has 0 saturated carbocycles. The summed E-state index contributed by atoms with van der Waals surface area (Å²) in [5.74, 6) is -0.334. The first-order valence-corrected chi connectivity index (χ1v) is 6.55. The largest absolute Gasteiger partial charge is 0.379 e. The van der Waals surface area contributed by atoms with E-state index in [2.05, 4.69) is 10.2 Å². The van der Waals surface area contributed by atoms with Gasteiger partial charge in [-0.3, -0.25) is 9.69 Å². The number of nitrogens with zero attached hydrogens (tertiary/aromatic N) is 1. The number of ether oxygens (including phenoxy) is 1. The Balaban J connectivity index is 1.64. The summed E-state index contributed by atoms with van der Waals surface area (Å²) in [5, 5.41) is 3.12. The van der Waals surface area contributed by atoms with E-state index in [1.807, 2.05) is 0 Å². The molecule has 1 aromatic rings. The Morgan fingerprint density at radius 1 is 1.26 bits per heavy atom. The first-order chi connectivity index (χ1) is 9.25. The number of rotatable bonds is 6. The second-order valence-electron chi connectivity index (χ2n) is 4.56. The molecule has 0 aromatic heterocycles. The number of halogens is 1. The van der Waals surface area contributed by atoms with E-state index in [0.29, 0.717) is 5.56 Å². The molecule has 104 valence electrons. The lowest BCUT2D eigenvalue weighted by atomic mass is 10.1. The molecule has 5 heteroatoms. The molecule has 0 amide bonds. The number of carbonyl (C=O) groups excluding carboxylic acids is 1. The molecule has 0 radical (unpaired) electrons. The second-order valence-corrected chi connectivity index (χ2v) is 4.56. The molecule has 1 aliphatic rings. The third kappa shape index (κ3) is 4.70. The zero-order valence-electron chi connectivity index (χ0n) is 10.9. The topological polar surface area (TPSA) is 41.6 Å². The van der Waals surface area contributed by atoms with Crippen LogP contribution in [0.2, 0.25) is 0 Å². The van der Waals surface area contributed by atoms with Gasteiger partial charge < -0.3 is 10.1 Å². The lowest BCUT2D eigenvalue weighted by molar-refractivity contribution is 0.0384. The molecular weight excluding hydrogens is 247 g/mol. The van der Waals surface area contributed by atoms with Gasteiger partial charge in [-0.15, -0.1) is 0 Å². The third-order valence-electron chi connectivity index (χ3n) is 3.16. The van der Waals surface area contributed by atoms with Gasteiger partial charge in [0, 0.05) is 31.7 Å². The average molecular weight is 266 g/mol. The number of hydrogen-bond acceptors (Lipinski definition) is 4. The van der Waals surface area contributed by atoms with E-state index in [0.717, 1.165) is 39.4 Å². The number of Topliss-reactive ketones (excluding diaryl/α,β-unsaturated/α-hetero) is 1. The summed E-state index contributed by atoms with van der Waals surface area (Å²) in [4.78, 5) is 14.1. The summed E-state index contributed by atoms with van der Waals surface area (Å²) in [7, 11) is 0. The molecule has 1 fully saturated rings. The van der Waals surface area contributed by atoms with Crippen molar-refractivity contribution in [1.82, 2.24) is 10.2 Å². The van der Waals surface area contributed by atoms with E-state index in [-0.39, 0.29) is 18.1 Å². The average Bonchev–Trinajstić information content (AvgIpc) is 2.45. The van der Waals surface area contributed by atoms with Gasteiger partial charge in [-0.2, -0.15) is 0 Å². The van der Waals surface area contributed by atoms with Crippen molar-refractivity contribution in [1.29, 1.82) is 0 Å². The van der Waals surface area contributed by atoms with Crippen LogP contribution in [0.4, 0.5) is 4.39 Å². The van der Waals surface area contributed by atoms with Crippen LogP contribution < -0.4 is 5.32 Å². The fourth-order valence-electron chi connectivity index (χ4n) is 2.00. The smallest absolute Gasteiger partial charge is 0.176 e. The lowest BCUT2D eigenvalue weighted by Crippen LogP contribution is -2.41. The molecule has 0 spiro atoms. The van der Waals surface area contributed by atoms with Gasteiger partial charge in [0.2, 0.25) is 0 Å². The van der Waals surface area contributed by atoms with Crippen molar-refractivity contribution < 1.29 is 13.9 Å². The molecule has 0 bridgehead atoms. The molecule has 0 unspecified atom stereocenters. The number of benzene rings is 1. The molecule has 0 atom stereocenters. The summed E-state index contributed by atoms with van der Waals surface area (Å²) in [6, 6.07) is 5.64. The van der Waals surface area contributed by atoms with Crippen LogP contribution in [0, 0.1) is 5.82 Å². The Morgan fingerprint density at radius 3 is 2.63 bits per heavy atom. The summed E-state index contributed by atoms with van der Waals surface area (Å²) in [6.07, 6.45) is 0. The van der Waals surface area contributed by atoms with E-state index >= 15 is 0 Å². The molecule has 19 heavy (non-hydrogen) atoms. The van der Waals surface area contributed by atoms with Gasteiger partial charge in [0.1, 0.15) is 5.82 Å². The maximum Gasteiger partial charge on any atom is 0.176 e. The first-order valence-electron chi connectivity index (χ1n) is 6.55. The minimum Gasteiger partial charge on any atom is -0.379 e. The minimum atomic E-state index is -0.322. The summed E-state index contributed by atoms with van der Waals surface area (Å²) >= 11 is 0. The van der Waals surface area contributed by atoms with Crippen molar-refractivity contribution in [3.05, 3.63) is 35.6 Å². The minimum absolute atomic E-state index is 0.0121. The van der Waals surface area contributed by atoms with Crippen molar-refractivity contribution in [2.24, 2.45) is 0 Å². The predicted molar refractivity (Wildman–Crippen MR) is 70.9 cm³/mol. The monoisotopic (exact) mass is 266 g/mol. The van der Waals surface area contributed by atoms with Crippen molar-refractivity contribution in [3.8, 4) is 0 Å². The molecular formula is C14H19FN2O2. The third-order valence-corrected chi connectivity index (χ3v) is 3.16. The quantitative estimate of drug-likeness (QED) is 0.614. The van der Waals surface area contributed by atoms with Crippen molar-refractivity contribution >= 4 is 5.78 Å². The van der Waals surface area contributed by atoms with Crippen molar-refractivity contribution in [3.63, 3.8) is 0 Å². The molecule has 1 N–H and O–H groups in total. The number of carbonyl (C=O) groups is 1. The molecule has 2 rings (SSSR count). The normalized spacial score (nSPS) is 16.5. The van der Waals surface area contributed by atoms with Crippen LogP contribution in [0.3, 0.4) is 0 Å². The fraction of sp³-hybridized carbons (Fsp3) is 0.500. The maximum absolute atomic E-state index is 12.7. The standard InChI is InChI=1S/C14H19FN2O2/c15-13-3-1-12(2-4-13)14(18)11-16-5-6-17-7-9-19-10-8-17/h1-4,16H,5-11H2. The van der Waals surface area contributed by atoms with Crippen LogP contribution in [-0.4, -0.2) is 56.6 Å². The molecule has 1 aliphatic heterocycles. The van der Waals surface area contributed by atoms with Crippen molar-refractivity contribution in [2.75, 3.05) is 45.9 Å². The van der Waals surface area contributed by atoms with Gasteiger partial charge in [0.25, 0.3) is 0 Å². The zero-order valence-corrected chi connectivity index (χ0v) is 10.9. The maximum atomic E-state index is 12.7. The second kappa shape index (κ2) is 7.33. The molecule has 0 aliphatic carbocycles. The summed E-state index contributed by atoms with van der Waals surface area (Å²) < 4.78 is 18.0. The highest BCUT2D eigenvalue weighted by Crippen LogP contribution is 2.03. The Bertz CT molecular complexity index is 402. The number of morpholine rings is 1. The highest BCUT2D eigenvalue weighted by atomic mass is 19.1. The Kier molecular flexibility index (Phi) is 5.44. The molecule has 1 heterocycles. The van der Waals surface area contributed by atoms with E-state index in [1.54, 1.807) is 0 Å². The summed E-state index contributed by atoms with van der Waals surface area (Å²) in [5.41, 5.74) is 0.542. The highest BCUT2D eigenvalue weighted by Gasteiger charge is 2.10. The Hall–Kier alpha value is -1.30. The van der Waals surface area contributed by atoms with Gasteiger partial charge >= 0.3 is 0 Å². The van der Waals surface area contributed by atoms with Gasteiger partial charge in [-0.05, 0) is 24.3 Å². The Morgan fingerprint density at radius 2 is 1.95 bits per heavy atom. The van der Waals surface area contributed by atoms with E-state index in [9.17, 15) is 9.18 Å². The molecule has 1 aromatic carbocycles. The van der Waals surface area contributed by atoms with Crippen molar-refractivity contribution in [2.45, 2.75) is 0 Å². The first kappa shape index (κ1) is 14.1. The van der Waals surface area contributed by atoms with Gasteiger partial charge in [-0.1, -0.05) is 0 Å². The molecule has 4 nitrogen and oxygen atoms in total. The van der Waals surface area contributed by atoms with Crippen LogP contribution in [-0.2, 0) is 4.74 Å². The zero-order chi connectivity index (χ0) is 13.5. The SMILES string of the molecule is O=C(CNCCN1CCOCC1)c1ccc(F)cc1. The lowest BCUT2D eigenvalue weighted by Gasteiger charge is -2.26. The van der Waals surface area contributed by atoms with Crippen LogP contribution in [0.1, 0.15) is 10.4 Å². The number of nitrogens with one attached hydrogen (secondary N) is 1. The van der Waals surface area contributed by atoms with Gasteiger partial charge in [0.15, 0.2) is 5.78 Å². The van der Waals surface area contributed by atoms with Crippen LogP contribution in [0.5, 0.6) is 0 Å². The van der Waals surface area contributed by atoms with Crippen LogP contribution in [0.25, 0.3) is 0 Å². The Labute approximate surface area is 112 Å². The van der Waals surface area contributed by atoms with Crippen LogP contribution >= 0.6 is 0 Å². The number of ketones is 1. The van der Waals surface area contributed by atoms with E-state index < -0.39 is 0 Å². The van der Waals surface area contributed by atoms with Gasteiger partial charge in [0.05, 0.1) is 19.8 Å².